The molecule has 0 saturated heterocycles. The number of hydrogen-bond donors (Lipinski definition) is 1. The quantitative estimate of drug-likeness (QED) is 0.947. The predicted molar refractivity (Wildman–Crippen MR) is 69.0 cm³/mol. The van der Waals surface area contributed by atoms with E-state index >= 15 is 0 Å². The molecule has 0 aliphatic rings. The molecule has 3 nitrogen and oxygen atoms in total. The van der Waals surface area contributed by atoms with Gasteiger partial charge in [0.2, 0.25) is 0 Å². The maximum absolute atomic E-state index is 13.5. The average molecular weight is 312 g/mol. The van der Waals surface area contributed by atoms with Crippen LogP contribution in [-0.4, -0.2) is 17.2 Å². The molecule has 1 N–H and O–H groups in total. The van der Waals surface area contributed by atoms with E-state index in [4.69, 9.17) is 4.74 Å². The van der Waals surface area contributed by atoms with Gasteiger partial charge in [0.05, 0.1) is 12.8 Å². The number of ether oxygens (including phenoxy) is 1. The third kappa shape index (κ3) is 2.68. The Morgan fingerprint density at radius 2 is 2.11 bits per heavy atom. The fourth-order valence-corrected chi connectivity index (χ4v) is 1.81. The Labute approximate surface area is 112 Å². The molecule has 0 spiro atoms. The first kappa shape index (κ1) is 13.0. The fraction of sp³-hybridized carbons (Fsp3) is 0.154. The van der Waals surface area contributed by atoms with E-state index < -0.39 is 11.9 Å². The number of aliphatic hydroxyl groups excluding tert-OH is 1. The lowest BCUT2D eigenvalue weighted by molar-refractivity contribution is 0.214. The monoisotopic (exact) mass is 311 g/mol. The fourth-order valence-electron chi connectivity index (χ4n) is 1.57. The molecule has 0 amide bonds. The number of nitrogens with zero attached hydrogens (tertiary/aromatic N) is 1. The van der Waals surface area contributed by atoms with Crippen LogP contribution in [0.3, 0.4) is 0 Å². The second-order valence-corrected chi connectivity index (χ2v) is 4.61. The summed E-state index contributed by atoms with van der Waals surface area (Å²) in [6.07, 6.45) is 0.622. The van der Waals surface area contributed by atoms with E-state index in [2.05, 4.69) is 20.9 Å². The summed E-state index contributed by atoms with van der Waals surface area (Å²) >= 11 is 3.26. The molecule has 0 radical (unpaired) electrons. The molecule has 1 unspecified atom stereocenters. The van der Waals surface area contributed by atoms with Gasteiger partial charge in [0.15, 0.2) is 11.6 Å². The van der Waals surface area contributed by atoms with Crippen LogP contribution in [0.15, 0.2) is 41.0 Å². The molecular formula is C13H11BrFNO2. The Morgan fingerprint density at radius 3 is 2.67 bits per heavy atom. The first-order valence-corrected chi connectivity index (χ1v) is 6.04. The molecule has 94 valence electrons. The molecule has 0 bridgehead atoms. The van der Waals surface area contributed by atoms with Crippen LogP contribution in [0.4, 0.5) is 4.39 Å². The van der Waals surface area contributed by atoms with Crippen molar-refractivity contribution in [3.63, 3.8) is 0 Å². The molecule has 18 heavy (non-hydrogen) atoms. The van der Waals surface area contributed by atoms with E-state index in [1.54, 1.807) is 24.4 Å². The van der Waals surface area contributed by atoms with Gasteiger partial charge in [-0.05, 0) is 45.8 Å². The molecule has 1 heterocycles. The van der Waals surface area contributed by atoms with E-state index in [0.717, 1.165) is 4.47 Å². The van der Waals surface area contributed by atoms with Crippen molar-refractivity contribution in [2.45, 2.75) is 6.10 Å². The van der Waals surface area contributed by atoms with Crippen molar-refractivity contribution in [1.82, 2.24) is 4.98 Å². The molecular weight excluding hydrogens is 301 g/mol. The Kier molecular flexibility index (Phi) is 3.93. The zero-order chi connectivity index (χ0) is 13.1. The maximum Gasteiger partial charge on any atom is 0.165 e. The van der Waals surface area contributed by atoms with Crippen molar-refractivity contribution in [3.8, 4) is 5.75 Å². The summed E-state index contributed by atoms with van der Waals surface area (Å²) in [5, 5.41) is 10.1. The second kappa shape index (κ2) is 5.46. The Morgan fingerprint density at radius 1 is 1.33 bits per heavy atom. The van der Waals surface area contributed by atoms with Crippen molar-refractivity contribution in [3.05, 3.63) is 58.1 Å². The van der Waals surface area contributed by atoms with Crippen LogP contribution in [0, 0.1) is 5.82 Å². The largest absolute Gasteiger partial charge is 0.494 e. The van der Waals surface area contributed by atoms with E-state index in [1.165, 1.54) is 19.2 Å². The third-order valence-corrected chi connectivity index (χ3v) is 2.99. The predicted octanol–water partition coefficient (Wildman–Crippen LogP) is 3.07. The van der Waals surface area contributed by atoms with Gasteiger partial charge in [-0.2, -0.15) is 0 Å². The number of hydrogen-bond acceptors (Lipinski definition) is 3. The van der Waals surface area contributed by atoms with Gasteiger partial charge in [-0.1, -0.05) is 6.07 Å². The van der Waals surface area contributed by atoms with Gasteiger partial charge in [-0.3, -0.25) is 4.98 Å². The summed E-state index contributed by atoms with van der Waals surface area (Å²) in [5.41, 5.74) is 0.894. The molecule has 1 aromatic carbocycles. The maximum atomic E-state index is 13.5. The summed E-state index contributed by atoms with van der Waals surface area (Å²) < 4.78 is 19.2. The number of rotatable bonds is 3. The van der Waals surface area contributed by atoms with Gasteiger partial charge in [0.1, 0.15) is 6.10 Å². The summed E-state index contributed by atoms with van der Waals surface area (Å²) in [6, 6.07) is 7.78. The van der Waals surface area contributed by atoms with Crippen LogP contribution in [0.2, 0.25) is 0 Å². The Bertz CT molecular complexity index is 545. The number of benzene rings is 1. The molecule has 1 aromatic heterocycles. The summed E-state index contributed by atoms with van der Waals surface area (Å²) in [4.78, 5) is 4.08. The van der Waals surface area contributed by atoms with E-state index in [9.17, 15) is 9.50 Å². The van der Waals surface area contributed by atoms with Gasteiger partial charge in [-0.25, -0.2) is 4.39 Å². The lowest BCUT2D eigenvalue weighted by Gasteiger charge is -2.11. The van der Waals surface area contributed by atoms with E-state index in [0.29, 0.717) is 11.3 Å². The number of aliphatic hydroxyl groups is 1. The molecule has 0 fully saturated rings. The molecule has 2 rings (SSSR count). The molecule has 0 saturated carbocycles. The van der Waals surface area contributed by atoms with Crippen LogP contribution in [0.5, 0.6) is 5.75 Å². The highest BCUT2D eigenvalue weighted by Gasteiger charge is 2.14. The Hall–Kier alpha value is -1.46. The van der Waals surface area contributed by atoms with Crippen LogP contribution >= 0.6 is 15.9 Å². The normalized spacial score (nSPS) is 12.2. The van der Waals surface area contributed by atoms with Crippen molar-refractivity contribution in [2.24, 2.45) is 0 Å². The molecule has 5 heteroatoms. The topological polar surface area (TPSA) is 42.4 Å². The van der Waals surface area contributed by atoms with Crippen LogP contribution < -0.4 is 4.74 Å². The number of pyridine rings is 1. The highest BCUT2D eigenvalue weighted by molar-refractivity contribution is 9.10. The molecule has 2 aromatic rings. The van der Waals surface area contributed by atoms with Crippen LogP contribution in [0.1, 0.15) is 17.4 Å². The number of halogens is 2. The minimum absolute atomic E-state index is 0.148. The summed E-state index contributed by atoms with van der Waals surface area (Å²) in [5.74, 6) is -0.360. The molecule has 0 aliphatic heterocycles. The second-order valence-electron chi connectivity index (χ2n) is 3.70. The molecule has 1 atom stereocenters. The van der Waals surface area contributed by atoms with Gasteiger partial charge in [-0.15, -0.1) is 0 Å². The Balaban J connectivity index is 2.31. The smallest absolute Gasteiger partial charge is 0.165 e. The standard InChI is InChI=1S/C13H11BrFNO2/c1-18-12-5-2-8(6-10(12)15)13(17)11-4-3-9(14)7-16-11/h2-7,13,17H,1H3. The van der Waals surface area contributed by atoms with Gasteiger partial charge < -0.3 is 9.84 Å². The van der Waals surface area contributed by atoms with Crippen molar-refractivity contribution in [2.75, 3.05) is 7.11 Å². The highest BCUT2D eigenvalue weighted by atomic mass is 79.9. The minimum atomic E-state index is -0.960. The lowest BCUT2D eigenvalue weighted by atomic mass is 10.1. The molecule has 0 aliphatic carbocycles. The van der Waals surface area contributed by atoms with Crippen molar-refractivity contribution in [1.29, 1.82) is 0 Å². The number of methoxy groups -OCH3 is 1. The first-order valence-electron chi connectivity index (χ1n) is 5.25. The van der Waals surface area contributed by atoms with E-state index in [1.807, 2.05) is 0 Å². The summed E-state index contributed by atoms with van der Waals surface area (Å²) in [6.45, 7) is 0. The van der Waals surface area contributed by atoms with Crippen LogP contribution in [-0.2, 0) is 0 Å². The first-order chi connectivity index (χ1) is 8.61. The van der Waals surface area contributed by atoms with Crippen molar-refractivity contribution >= 4 is 15.9 Å². The average Bonchev–Trinajstić information content (AvgIpc) is 2.38. The summed E-state index contributed by atoms with van der Waals surface area (Å²) in [7, 11) is 1.39. The van der Waals surface area contributed by atoms with Crippen LogP contribution in [0.25, 0.3) is 0 Å². The van der Waals surface area contributed by atoms with Gasteiger partial charge in [0, 0.05) is 10.7 Å². The zero-order valence-electron chi connectivity index (χ0n) is 9.60. The van der Waals surface area contributed by atoms with E-state index in [-0.39, 0.29) is 5.75 Å². The third-order valence-electron chi connectivity index (χ3n) is 2.52. The lowest BCUT2D eigenvalue weighted by Crippen LogP contribution is -2.03. The highest BCUT2D eigenvalue weighted by Crippen LogP contribution is 2.25. The zero-order valence-corrected chi connectivity index (χ0v) is 11.2. The SMILES string of the molecule is COc1ccc(C(O)c2ccc(Br)cn2)cc1F. The minimum Gasteiger partial charge on any atom is -0.494 e. The van der Waals surface area contributed by atoms with Gasteiger partial charge >= 0.3 is 0 Å². The van der Waals surface area contributed by atoms with Gasteiger partial charge in [0.25, 0.3) is 0 Å². The number of aromatic nitrogens is 1. The van der Waals surface area contributed by atoms with Crippen molar-refractivity contribution < 1.29 is 14.2 Å².